The van der Waals surface area contributed by atoms with Gasteiger partial charge >= 0.3 is 0 Å². The summed E-state index contributed by atoms with van der Waals surface area (Å²) in [6.07, 6.45) is 3.71. The Bertz CT molecular complexity index is 1320. The van der Waals surface area contributed by atoms with Gasteiger partial charge in [0.2, 0.25) is 0 Å². The van der Waals surface area contributed by atoms with Gasteiger partial charge < -0.3 is 0 Å². The molecule has 0 radical (unpaired) electrons. The minimum absolute atomic E-state index is 0.00763. The number of benzene rings is 3. The molecule has 130 valence electrons. The summed E-state index contributed by atoms with van der Waals surface area (Å²) in [5.41, 5.74) is 2.57. The van der Waals surface area contributed by atoms with Gasteiger partial charge in [0.25, 0.3) is 0 Å². The lowest BCUT2D eigenvalue weighted by molar-refractivity contribution is -0.120. The lowest BCUT2D eigenvalue weighted by atomic mass is 9.76. The molecule has 0 bridgehead atoms. The van der Waals surface area contributed by atoms with Crippen LogP contribution in [0.4, 0.5) is 0 Å². The number of Topliss-reactive ketones (excluding diaryl/α,β-unsaturated/α-hetero) is 2. The van der Waals surface area contributed by atoms with E-state index in [2.05, 4.69) is 6.07 Å². The summed E-state index contributed by atoms with van der Waals surface area (Å²) in [5.74, 6) is -0.435. The van der Waals surface area contributed by atoms with E-state index < -0.39 is 0 Å². The largest absolute Gasteiger partial charge is 0.298 e. The summed E-state index contributed by atoms with van der Waals surface area (Å²) in [6, 6.07) is 21.9. The van der Waals surface area contributed by atoms with Gasteiger partial charge in [0.05, 0.1) is 5.92 Å². The first-order valence-electron chi connectivity index (χ1n) is 9.24. The molecule has 2 heteroatoms. The minimum atomic E-state index is -0.312. The van der Waals surface area contributed by atoms with Gasteiger partial charge in [-0.2, -0.15) is 0 Å². The Labute approximate surface area is 156 Å². The Kier molecular flexibility index (Phi) is 3.48. The van der Waals surface area contributed by atoms with E-state index in [4.69, 9.17) is 0 Å². The monoisotopic (exact) mass is 350 g/mol. The number of ketones is 2. The van der Waals surface area contributed by atoms with Crippen LogP contribution in [0.2, 0.25) is 0 Å². The number of carbonyl (C=O) groups is 2. The summed E-state index contributed by atoms with van der Waals surface area (Å²) in [6.45, 7) is 1.93. The van der Waals surface area contributed by atoms with E-state index in [-0.39, 0.29) is 23.4 Å². The average molecular weight is 350 g/mol. The van der Waals surface area contributed by atoms with Crippen LogP contribution in [0.5, 0.6) is 0 Å². The molecule has 2 aliphatic rings. The molecule has 0 aromatic heterocycles. The maximum atomic E-state index is 13.2. The van der Waals surface area contributed by atoms with Crippen molar-refractivity contribution in [1.82, 2.24) is 0 Å². The van der Waals surface area contributed by atoms with Crippen molar-refractivity contribution >= 4 is 23.7 Å². The fraction of sp³-hybridized carbons (Fsp3) is 0.120. The molecule has 0 amide bonds. The summed E-state index contributed by atoms with van der Waals surface area (Å²) >= 11 is 0. The molecule has 0 heterocycles. The highest BCUT2D eigenvalue weighted by Gasteiger charge is 2.32. The first kappa shape index (κ1) is 16.0. The second kappa shape index (κ2) is 5.88. The fourth-order valence-electron chi connectivity index (χ4n) is 4.41. The molecule has 2 aliphatic carbocycles. The Morgan fingerprint density at radius 1 is 0.741 bits per heavy atom. The molecular weight excluding hydrogens is 332 g/mol. The van der Waals surface area contributed by atoms with Crippen molar-refractivity contribution in [3.8, 4) is 0 Å². The molecule has 0 spiro atoms. The molecular formula is C25H18O2. The molecule has 0 N–H and O–H groups in total. The predicted octanol–water partition coefficient (Wildman–Crippen LogP) is 3.20. The van der Waals surface area contributed by atoms with Crippen LogP contribution in [0, 0.1) is 10.4 Å². The Morgan fingerprint density at radius 3 is 2.30 bits per heavy atom. The standard InChI is InChI=1S/C25H18O2/c1-15-23-18(13-21(25(15)27)16-7-3-2-4-8-16)11-12-20-19-10-6-5-9-17(19)14-22(26)24(20)23/h2-15,21H,1H3. The van der Waals surface area contributed by atoms with E-state index in [9.17, 15) is 9.59 Å². The summed E-state index contributed by atoms with van der Waals surface area (Å²) in [4.78, 5) is 26.1. The van der Waals surface area contributed by atoms with Crippen LogP contribution in [0.25, 0.3) is 12.2 Å². The maximum Gasteiger partial charge on any atom is 0.187 e. The SMILES string of the molecule is CC1C(=O)C(c2ccccc2)C=c2ccc3c(c21)C(=O)C=c1ccccc1=3. The van der Waals surface area contributed by atoms with Crippen molar-refractivity contribution in [2.24, 2.45) is 0 Å². The maximum absolute atomic E-state index is 13.2. The molecule has 2 nitrogen and oxygen atoms in total. The fourth-order valence-corrected chi connectivity index (χ4v) is 4.41. The van der Waals surface area contributed by atoms with Crippen LogP contribution in [0.15, 0.2) is 66.7 Å². The quantitative estimate of drug-likeness (QED) is 0.675. The van der Waals surface area contributed by atoms with E-state index in [1.165, 1.54) is 0 Å². The molecule has 0 saturated heterocycles. The van der Waals surface area contributed by atoms with Crippen molar-refractivity contribution < 1.29 is 9.59 Å². The molecule has 0 fully saturated rings. The highest BCUT2D eigenvalue weighted by atomic mass is 16.1. The highest BCUT2D eigenvalue weighted by molar-refractivity contribution is 6.19. The average Bonchev–Trinajstić information content (AvgIpc) is 2.71. The lowest BCUT2D eigenvalue weighted by Gasteiger charge is -2.26. The Balaban J connectivity index is 1.87. The smallest absolute Gasteiger partial charge is 0.187 e. The molecule has 3 aromatic rings. The third-order valence-corrected chi connectivity index (χ3v) is 5.73. The van der Waals surface area contributed by atoms with Gasteiger partial charge in [-0.3, -0.25) is 9.59 Å². The van der Waals surface area contributed by atoms with E-state index in [0.717, 1.165) is 32.0 Å². The first-order chi connectivity index (χ1) is 13.1. The molecule has 0 saturated carbocycles. The minimum Gasteiger partial charge on any atom is -0.298 e. The van der Waals surface area contributed by atoms with Gasteiger partial charge in [-0.25, -0.2) is 0 Å². The molecule has 3 aromatic carbocycles. The Hall–Kier alpha value is -3.26. The normalized spacial score (nSPS) is 20.0. The molecule has 5 rings (SSSR count). The number of fused-ring (bicyclic) bond motifs is 4. The van der Waals surface area contributed by atoms with Crippen molar-refractivity contribution in [1.29, 1.82) is 0 Å². The second-order valence-corrected chi connectivity index (χ2v) is 7.27. The van der Waals surface area contributed by atoms with Crippen LogP contribution in [0.1, 0.15) is 40.2 Å². The highest BCUT2D eigenvalue weighted by Crippen LogP contribution is 2.32. The summed E-state index contributed by atoms with van der Waals surface area (Å²) in [5, 5.41) is 3.93. The molecule has 2 unspecified atom stereocenters. The molecule has 2 atom stereocenters. The van der Waals surface area contributed by atoms with Crippen molar-refractivity contribution in [3.63, 3.8) is 0 Å². The van der Waals surface area contributed by atoms with E-state index in [0.29, 0.717) is 5.56 Å². The van der Waals surface area contributed by atoms with E-state index in [1.807, 2.05) is 73.7 Å². The zero-order valence-electron chi connectivity index (χ0n) is 15.0. The van der Waals surface area contributed by atoms with Gasteiger partial charge in [-0.05, 0) is 38.1 Å². The van der Waals surface area contributed by atoms with Crippen LogP contribution in [0.3, 0.4) is 0 Å². The molecule has 27 heavy (non-hydrogen) atoms. The van der Waals surface area contributed by atoms with Gasteiger partial charge in [-0.15, -0.1) is 0 Å². The summed E-state index contributed by atoms with van der Waals surface area (Å²) < 4.78 is 0. The number of carbonyl (C=O) groups excluding carboxylic acids is 2. The van der Waals surface area contributed by atoms with E-state index in [1.54, 1.807) is 6.08 Å². The Morgan fingerprint density at radius 2 is 1.48 bits per heavy atom. The van der Waals surface area contributed by atoms with Gasteiger partial charge in [0, 0.05) is 11.5 Å². The second-order valence-electron chi connectivity index (χ2n) is 7.27. The van der Waals surface area contributed by atoms with Crippen LogP contribution < -0.4 is 10.4 Å². The number of hydrogen-bond acceptors (Lipinski definition) is 2. The van der Waals surface area contributed by atoms with Crippen molar-refractivity contribution in [2.75, 3.05) is 0 Å². The predicted molar refractivity (Wildman–Crippen MR) is 106 cm³/mol. The topological polar surface area (TPSA) is 34.1 Å². The zero-order chi connectivity index (χ0) is 18.5. The van der Waals surface area contributed by atoms with Crippen molar-refractivity contribution in [2.45, 2.75) is 18.8 Å². The van der Waals surface area contributed by atoms with Crippen LogP contribution in [-0.4, -0.2) is 11.6 Å². The zero-order valence-corrected chi connectivity index (χ0v) is 15.0. The van der Waals surface area contributed by atoms with Gasteiger partial charge in [0.1, 0.15) is 0 Å². The van der Waals surface area contributed by atoms with Gasteiger partial charge in [-0.1, -0.05) is 79.7 Å². The third kappa shape index (κ3) is 2.33. The number of hydrogen-bond donors (Lipinski definition) is 0. The lowest BCUT2D eigenvalue weighted by Crippen LogP contribution is -2.32. The summed E-state index contributed by atoms with van der Waals surface area (Å²) in [7, 11) is 0. The van der Waals surface area contributed by atoms with Crippen LogP contribution in [-0.2, 0) is 4.79 Å². The first-order valence-corrected chi connectivity index (χ1v) is 9.24. The third-order valence-electron chi connectivity index (χ3n) is 5.73. The van der Waals surface area contributed by atoms with Crippen LogP contribution >= 0.6 is 0 Å². The van der Waals surface area contributed by atoms with Gasteiger partial charge in [0.15, 0.2) is 11.6 Å². The molecule has 0 aliphatic heterocycles. The van der Waals surface area contributed by atoms with E-state index >= 15 is 0 Å². The van der Waals surface area contributed by atoms with Crippen molar-refractivity contribution in [3.05, 3.63) is 104 Å². The number of rotatable bonds is 1.